The SMILES string of the molecule is COC(=O)c1cc2sc3ncc(Cl)cc3c2c(-c2cnc3sc(C(=O)OC)cc3c2)n1. The molecule has 0 amide bonds. The molecule has 0 saturated carbocycles. The van der Waals surface area contributed by atoms with Gasteiger partial charge in [0, 0.05) is 38.8 Å². The molecule has 0 aliphatic rings. The Kier molecular flexibility index (Phi) is 4.81. The molecule has 5 rings (SSSR count). The summed E-state index contributed by atoms with van der Waals surface area (Å²) in [6, 6.07) is 7.14. The maximum absolute atomic E-state index is 12.3. The highest BCUT2D eigenvalue weighted by Crippen LogP contribution is 2.40. The molecule has 154 valence electrons. The largest absolute Gasteiger partial charge is 0.465 e. The van der Waals surface area contributed by atoms with Gasteiger partial charge in [0.2, 0.25) is 0 Å². The van der Waals surface area contributed by atoms with Crippen LogP contribution in [0.15, 0.2) is 36.7 Å². The van der Waals surface area contributed by atoms with Crippen molar-refractivity contribution in [3.05, 3.63) is 52.3 Å². The molecule has 0 aliphatic heterocycles. The molecule has 31 heavy (non-hydrogen) atoms. The number of carbonyl (C=O) groups excluding carboxylic acids is 2. The van der Waals surface area contributed by atoms with Gasteiger partial charge in [0.05, 0.1) is 24.9 Å². The van der Waals surface area contributed by atoms with Gasteiger partial charge in [-0.05, 0) is 24.3 Å². The van der Waals surface area contributed by atoms with E-state index >= 15 is 0 Å². The monoisotopic (exact) mass is 469 g/mol. The molecule has 5 aromatic heterocycles. The van der Waals surface area contributed by atoms with E-state index in [1.165, 1.54) is 36.9 Å². The lowest BCUT2D eigenvalue weighted by Gasteiger charge is -2.07. The summed E-state index contributed by atoms with van der Waals surface area (Å²) >= 11 is 8.88. The van der Waals surface area contributed by atoms with Crippen molar-refractivity contribution < 1.29 is 19.1 Å². The zero-order valence-corrected chi connectivity index (χ0v) is 18.5. The van der Waals surface area contributed by atoms with Crippen molar-refractivity contribution in [2.75, 3.05) is 14.2 Å². The van der Waals surface area contributed by atoms with Crippen molar-refractivity contribution in [3.63, 3.8) is 0 Å². The maximum Gasteiger partial charge on any atom is 0.356 e. The summed E-state index contributed by atoms with van der Waals surface area (Å²) in [5, 5.41) is 2.95. The van der Waals surface area contributed by atoms with Gasteiger partial charge in [-0.2, -0.15) is 0 Å². The van der Waals surface area contributed by atoms with Crippen molar-refractivity contribution in [3.8, 4) is 11.3 Å². The Balaban J connectivity index is 1.81. The van der Waals surface area contributed by atoms with Crippen LogP contribution in [0.4, 0.5) is 0 Å². The molecule has 0 unspecified atom stereocenters. The van der Waals surface area contributed by atoms with E-state index in [-0.39, 0.29) is 5.69 Å². The first kappa shape index (κ1) is 19.8. The summed E-state index contributed by atoms with van der Waals surface area (Å²) in [6.45, 7) is 0. The Morgan fingerprint density at radius 2 is 1.71 bits per heavy atom. The van der Waals surface area contributed by atoms with E-state index in [2.05, 4.69) is 15.0 Å². The second-order valence-electron chi connectivity index (χ2n) is 6.55. The third-order valence-corrected chi connectivity index (χ3v) is 7.01. The fraction of sp³-hybridized carbons (Fsp3) is 0.0952. The van der Waals surface area contributed by atoms with Gasteiger partial charge in [-0.3, -0.25) is 0 Å². The third kappa shape index (κ3) is 3.31. The fourth-order valence-corrected chi connectivity index (χ4v) is 5.46. The van der Waals surface area contributed by atoms with Gasteiger partial charge in [0.15, 0.2) is 5.69 Å². The molecule has 0 aliphatic carbocycles. The van der Waals surface area contributed by atoms with Gasteiger partial charge < -0.3 is 9.47 Å². The van der Waals surface area contributed by atoms with Crippen LogP contribution in [-0.2, 0) is 9.47 Å². The Labute approximate surface area is 188 Å². The topological polar surface area (TPSA) is 91.3 Å². The second-order valence-corrected chi connectivity index (χ2v) is 9.05. The zero-order chi connectivity index (χ0) is 21.7. The number of ether oxygens (including phenoxy) is 2. The van der Waals surface area contributed by atoms with E-state index in [0.717, 1.165) is 25.7 Å². The molecule has 0 bridgehead atoms. The van der Waals surface area contributed by atoms with E-state index in [9.17, 15) is 9.59 Å². The molecule has 0 fully saturated rings. The number of aromatic nitrogens is 3. The quantitative estimate of drug-likeness (QED) is 0.329. The molecule has 0 N–H and O–H groups in total. The predicted molar refractivity (Wildman–Crippen MR) is 121 cm³/mol. The van der Waals surface area contributed by atoms with Crippen LogP contribution >= 0.6 is 34.3 Å². The number of nitrogens with zero attached hydrogens (tertiary/aromatic N) is 3. The molecule has 5 aromatic rings. The molecule has 7 nitrogen and oxygen atoms in total. The molecule has 0 spiro atoms. The molecule has 10 heteroatoms. The Hall–Kier alpha value is -3.14. The van der Waals surface area contributed by atoms with Crippen molar-refractivity contribution >= 4 is 76.7 Å². The average Bonchev–Trinajstić information content (AvgIpc) is 3.37. The molecule has 0 saturated heterocycles. The number of hydrogen-bond acceptors (Lipinski definition) is 9. The summed E-state index contributed by atoms with van der Waals surface area (Å²) in [5.74, 6) is -0.952. The zero-order valence-electron chi connectivity index (χ0n) is 16.1. The smallest absolute Gasteiger partial charge is 0.356 e. The van der Waals surface area contributed by atoms with Crippen molar-refractivity contribution in [2.45, 2.75) is 0 Å². The molecular weight excluding hydrogens is 458 g/mol. The first-order chi connectivity index (χ1) is 15.0. The Morgan fingerprint density at radius 3 is 2.48 bits per heavy atom. The van der Waals surface area contributed by atoms with Crippen molar-refractivity contribution in [1.29, 1.82) is 0 Å². The minimum atomic E-state index is -0.538. The highest BCUT2D eigenvalue weighted by atomic mass is 35.5. The maximum atomic E-state index is 12.3. The molecule has 5 heterocycles. The van der Waals surface area contributed by atoms with Crippen LogP contribution in [-0.4, -0.2) is 41.1 Å². The fourth-order valence-electron chi connectivity index (χ4n) is 3.34. The minimum absolute atomic E-state index is 0.184. The summed E-state index contributed by atoms with van der Waals surface area (Å²) < 4.78 is 10.5. The number of halogens is 1. The highest BCUT2D eigenvalue weighted by Gasteiger charge is 2.20. The minimum Gasteiger partial charge on any atom is -0.465 e. The van der Waals surface area contributed by atoms with Crippen molar-refractivity contribution in [1.82, 2.24) is 15.0 Å². The van der Waals surface area contributed by atoms with Crippen molar-refractivity contribution in [2.24, 2.45) is 0 Å². The number of fused-ring (bicyclic) bond motifs is 4. The number of hydrogen-bond donors (Lipinski definition) is 0. The molecule has 0 aromatic carbocycles. The lowest BCUT2D eigenvalue weighted by Crippen LogP contribution is -2.05. The number of methoxy groups -OCH3 is 2. The van der Waals surface area contributed by atoms with E-state index in [1.54, 1.807) is 24.5 Å². The Morgan fingerprint density at radius 1 is 0.935 bits per heavy atom. The van der Waals surface area contributed by atoms with Crippen LogP contribution in [0.25, 0.3) is 41.8 Å². The first-order valence-corrected chi connectivity index (χ1v) is 10.9. The third-order valence-electron chi connectivity index (χ3n) is 4.70. The van der Waals surface area contributed by atoms with Gasteiger partial charge in [-0.25, -0.2) is 24.5 Å². The Bertz CT molecular complexity index is 1530. The van der Waals surface area contributed by atoms with Gasteiger partial charge in [0.1, 0.15) is 14.5 Å². The van der Waals surface area contributed by atoms with Gasteiger partial charge in [-0.1, -0.05) is 11.6 Å². The van der Waals surface area contributed by atoms with Gasteiger partial charge >= 0.3 is 11.9 Å². The molecule has 0 atom stereocenters. The van der Waals surface area contributed by atoms with Gasteiger partial charge in [0.25, 0.3) is 0 Å². The summed E-state index contributed by atoms with van der Waals surface area (Å²) in [7, 11) is 2.65. The average molecular weight is 470 g/mol. The first-order valence-electron chi connectivity index (χ1n) is 8.94. The van der Waals surface area contributed by atoms with E-state index in [4.69, 9.17) is 21.1 Å². The van der Waals surface area contributed by atoms with Crippen LogP contribution in [0.1, 0.15) is 20.2 Å². The highest BCUT2D eigenvalue weighted by molar-refractivity contribution is 7.25. The number of rotatable bonds is 3. The number of esters is 2. The summed E-state index contributed by atoms with van der Waals surface area (Å²) in [4.78, 5) is 39.6. The number of thiophene rings is 2. The molecular formula is C21H12ClN3O4S2. The lowest BCUT2D eigenvalue weighted by molar-refractivity contribution is 0.0589. The predicted octanol–water partition coefficient (Wildman–Crippen LogP) is 5.35. The van der Waals surface area contributed by atoms with Crippen LogP contribution in [0, 0.1) is 0 Å². The summed E-state index contributed by atoms with van der Waals surface area (Å²) in [5.41, 5.74) is 1.44. The normalized spacial score (nSPS) is 11.3. The van der Waals surface area contributed by atoms with Crippen LogP contribution in [0.3, 0.4) is 0 Å². The lowest BCUT2D eigenvalue weighted by atomic mass is 10.1. The number of carbonyl (C=O) groups is 2. The van der Waals surface area contributed by atoms with Crippen LogP contribution in [0.5, 0.6) is 0 Å². The molecule has 0 radical (unpaired) electrons. The van der Waals surface area contributed by atoms with Crippen LogP contribution in [0.2, 0.25) is 5.02 Å². The van der Waals surface area contributed by atoms with E-state index < -0.39 is 11.9 Å². The van der Waals surface area contributed by atoms with E-state index in [1.807, 2.05) is 12.1 Å². The van der Waals surface area contributed by atoms with Gasteiger partial charge in [-0.15, -0.1) is 22.7 Å². The van der Waals surface area contributed by atoms with E-state index in [0.29, 0.717) is 26.0 Å². The second kappa shape index (κ2) is 7.52. The van der Waals surface area contributed by atoms with Crippen LogP contribution < -0.4 is 0 Å². The standard InChI is InChI=1S/C21H12ClN3O4S2/c1-28-20(26)13-6-14-16(12-5-11(22)8-24-19(12)30-14)17(25-13)10-3-9-4-15(21(27)29-2)31-18(9)23-7-10/h3-8H,1-2H3. The summed E-state index contributed by atoms with van der Waals surface area (Å²) in [6.07, 6.45) is 3.26. The number of pyridine rings is 3.